The number of ether oxygens (including phenoxy) is 2. The second-order valence-corrected chi connectivity index (χ2v) is 11.0. The number of hydrogen-bond donors (Lipinski definition) is 1. The first kappa shape index (κ1) is 27.3. The molecule has 0 aliphatic carbocycles. The third-order valence-electron chi connectivity index (χ3n) is 6.45. The van der Waals surface area contributed by atoms with E-state index in [1.165, 1.54) is 18.1 Å². The highest BCUT2D eigenvalue weighted by atomic mass is 35.5. The first-order chi connectivity index (χ1) is 17.9. The topological polar surface area (TPSA) is 76.1 Å². The highest BCUT2D eigenvalue weighted by molar-refractivity contribution is 6.51. The van der Waals surface area contributed by atoms with Gasteiger partial charge in [-0.2, -0.15) is 0 Å². The van der Waals surface area contributed by atoms with Gasteiger partial charge in [-0.15, -0.1) is 0 Å². The molecule has 1 heterocycles. The van der Waals surface area contributed by atoms with Crippen molar-refractivity contribution in [1.29, 1.82) is 0 Å². The molecule has 3 aromatic rings. The molecule has 0 spiro atoms. The Morgan fingerprint density at radius 3 is 2.13 bits per heavy atom. The molecule has 6 nitrogen and oxygen atoms in total. The fraction of sp³-hybridized carbons (Fsp3) is 0.290. The largest absolute Gasteiger partial charge is 0.507 e. The van der Waals surface area contributed by atoms with Gasteiger partial charge in [0.2, 0.25) is 0 Å². The number of aliphatic hydroxyl groups excluding tert-OH is 1. The molecule has 1 atom stereocenters. The summed E-state index contributed by atoms with van der Waals surface area (Å²) in [6, 6.07) is 18.6. The van der Waals surface area contributed by atoms with E-state index in [0.717, 1.165) is 5.56 Å². The van der Waals surface area contributed by atoms with Crippen LogP contribution in [-0.2, 0) is 15.0 Å². The zero-order valence-electron chi connectivity index (χ0n) is 22.4. The Morgan fingerprint density at radius 1 is 0.974 bits per heavy atom. The molecule has 0 saturated carbocycles. The van der Waals surface area contributed by atoms with E-state index in [-0.39, 0.29) is 27.9 Å². The predicted octanol–water partition coefficient (Wildman–Crippen LogP) is 7.06. The zero-order chi connectivity index (χ0) is 27.8. The van der Waals surface area contributed by atoms with Gasteiger partial charge in [0.05, 0.1) is 29.9 Å². The standard InChI is InChI=1S/C31H32ClNO5/c1-18(2)38-23-14-7-19(8-15-23)27-26(28(34)20-9-16-25(37-6)24(32)17-20)29(35)30(36)33(27)22-12-10-21(11-13-22)31(3,4)5/h7-18,27,34H,1-6H3/b28-26-. The van der Waals surface area contributed by atoms with Crippen molar-refractivity contribution in [1.82, 2.24) is 0 Å². The fourth-order valence-electron chi connectivity index (χ4n) is 4.51. The van der Waals surface area contributed by atoms with Crippen LogP contribution in [0.1, 0.15) is 57.4 Å². The quantitative estimate of drug-likeness (QED) is 0.208. The highest BCUT2D eigenvalue weighted by Gasteiger charge is 2.47. The summed E-state index contributed by atoms with van der Waals surface area (Å²) in [6.45, 7) is 10.2. The number of halogens is 1. The van der Waals surface area contributed by atoms with Crippen LogP contribution in [0.25, 0.3) is 5.76 Å². The van der Waals surface area contributed by atoms with Crippen LogP contribution in [0.2, 0.25) is 5.02 Å². The highest BCUT2D eigenvalue weighted by Crippen LogP contribution is 2.43. The number of methoxy groups -OCH3 is 1. The number of rotatable bonds is 6. The van der Waals surface area contributed by atoms with Gasteiger partial charge >= 0.3 is 0 Å². The summed E-state index contributed by atoms with van der Waals surface area (Å²) >= 11 is 6.30. The molecule has 1 fully saturated rings. The second kappa shape index (κ2) is 10.5. The summed E-state index contributed by atoms with van der Waals surface area (Å²) in [5.41, 5.74) is 2.51. The van der Waals surface area contributed by atoms with Crippen molar-refractivity contribution in [3.8, 4) is 11.5 Å². The predicted molar refractivity (Wildman–Crippen MR) is 150 cm³/mol. The van der Waals surface area contributed by atoms with E-state index in [2.05, 4.69) is 20.8 Å². The molecule has 198 valence electrons. The third kappa shape index (κ3) is 5.27. The van der Waals surface area contributed by atoms with Gasteiger partial charge in [-0.3, -0.25) is 14.5 Å². The summed E-state index contributed by atoms with van der Waals surface area (Å²) in [5, 5.41) is 11.6. The van der Waals surface area contributed by atoms with Crippen molar-refractivity contribution >= 4 is 34.7 Å². The Bertz CT molecular complexity index is 1390. The van der Waals surface area contributed by atoms with E-state index in [0.29, 0.717) is 28.3 Å². The molecule has 4 rings (SSSR count). The average Bonchev–Trinajstić information content (AvgIpc) is 3.13. The molecule has 38 heavy (non-hydrogen) atoms. The molecule has 1 amide bonds. The number of nitrogens with zero attached hydrogens (tertiary/aromatic N) is 1. The lowest BCUT2D eigenvalue weighted by Crippen LogP contribution is -2.29. The molecule has 1 aliphatic heterocycles. The second-order valence-electron chi connectivity index (χ2n) is 10.6. The van der Waals surface area contributed by atoms with Gasteiger partial charge < -0.3 is 14.6 Å². The number of amides is 1. The molecule has 7 heteroatoms. The maximum Gasteiger partial charge on any atom is 0.300 e. The Morgan fingerprint density at radius 2 is 1.61 bits per heavy atom. The molecular formula is C31H32ClNO5. The van der Waals surface area contributed by atoms with Crippen LogP contribution in [0.5, 0.6) is 11.5 Å². The maximum absolute atomic E-state index is 13.5. The van der Waals surface area contributed by atoms with Gasteiger partial charge in [-0.25, -0.2) is 0 Å². The number of hydrogen-bond acceptors (Lipinski definition) is 5. The van der Waals surface area contributed by atoms with Crippen LogP contribution < -0.4 is 14.4 Å². The van der Waals surface area contributed by atoms with Gasteiger partial charge in [0, 0.05) is 11.3 Å². The van der Waals surface area contributed by atoms with Crippen LogP contribution in [0, 0.1) is 0 Å². The molecule has 1 aliphatic rings. The monoisotopic (exact) mass is 533 g/mol. The smallest absolute Gasteiger partial charge is 0.300 e. The zero-order valence-corrected chi connectivity index (χ0v) is 23.2. The van der Waals surface area contributed by atoms with Crippen molar-refractivity contribution in [2.75, 3.05) is 12.0 Å². The van der Waals surface area contributed by atoms with Crippen LogP contribution in [0.4, 0.5) is 5.69 Å². The van der Waals surface area contributed by atoms with Crippen molar-refractivity contribution in [2.24, 2.45) is 0 Å². The number of Topliss-reactive ketones (excluding diaryl/α,β-unsaturated/α-hetero) is 1. The minimum atomic E-state index is -0.857. The van der Waals surface area contributed by atoms with Crippen LogP contribution >= 0.6 is 11.6 Å². The molecule has 1 N–H and O–H groups in total. The molecule has 0 bridgehead atoms. The van der Waals surface area contributed by atoms with Crippen molar-refractivity contribution < 1.29 is 24.2 Å². The van der Waals surface area contributed by atoms with Gasteiger partial charge in [-0.05, 0) is 72.9 Å². The van der Waals surface area contributed by atoms with E-state index in [1.807, 2.05) is 38.1 Å². The number of anilines is 1. The average molecular weight is 534 g/mol. The maximum atomic E-state index is 13.5. The van der Waals surface area contributed by atoms with Crippen LogP contribution in [0.3, 0.4) is 0 Å². The Hall–Kier alpha value is -3.77. The third-order valence-corrected chi connectivity index (χ3v) is 6.74. The normalized spacial score (nSPS) is 17.3. The summed E-state index contributed by atoms with van der Waals surface area (Å²) in [4.78, 5) is 28.3. The van der Waals surface area contributed by atoms with E-state index in [4.69, 9.17) is 21.1 Å². The van der Waals surface area contributed by atoms with E-state index >= 15 is 0 Å². The van der Waals surface area contributed by atoms with Crippen LogP contribution in [0.15, 0.2) is 72.3 Å². The lowest BCUT2D eigenvalue weighted by Gasteiger charge is -2.27. The summed E-state index contributed by atoms with van der Waals surface area (Å²) in [7, 11) is 1.49. The molecule has 0 radical (unpaired) electrons. The molecule has 1 unspecified atom stereocenters. The Kier molecular flexibility index (Phi) is 7.56. The molecule has 1 saturated heterocycles. The van der Waals surface area contributed by atoms with Gasteiger partial charge in [0.15, 0.2) is 0 Å². The van der Waals surface area contributed by atoms with E-state index in [9.17, 15) is 14.7 Å². The molecule has 3 aromatic carbocycles. The fourth-order valence-corrected chi connectivity index (χ4v) is 4.76. The Labute approximate surface area is 228 Å². The first-order valence-electron chi connectivity index (χ1n) is 12.4. The Balaban J connectivity index is 1.88. The van der Waals surface area contributed by atoms with Gasteiger partial charge in [0.1, 0.15) is 17.3 Å². The number of carbonyl (C=O) groups is 2. The lowest BCUT2D eigenvalue weighted by atomic mass is 9.87. The van der Waals surface area contributed by atoms with Crippen molar-refractivity contribution in [3.05, 3.63) is 94.0 Å². The van der Waals surface area contributed by atoms with Gasteiger partial charge in [-0.1, -0.05) is 56.6 Å². The number of aliphatic hydroxyl groups is 1. The summed E-state index contributed by atoms with van der Waals surface area (Å²) in [6.07, 6.45) is -0.00682. The molecular weight excluding hydrogens is 502 g/mol. The minimum Gasteiger partial charge on any atom is -0.507 e. The number of ketones is 1. The SMILES string of the molecule is COc1ccc(/C(O)=C2/C(=O)C(=O)N(c3ccc(C(C)(C)C)cc3)C2c2ccc(OC(C)C)cc2)cc1Cl. The van der Waals surface area contributed by atoms with Crippen LogP contribution in [-0.4, -0.2) is 30.0 Å². The summed E-state index contributed by atoms with van der Waals surface area (Å²) < 4.78 is 11.0. The first-order valence-corrected chi connectivity index (χ1v) is 12.8. The van der Waals surface area contributed by atoms with E-state index in [1.54, 1.807) is 36.4 Å². The molecule has 0 aromatic heterocycles. The summed E-state index contributed by atoms with van der Waals surface area (Å²) in [5.74, 6) is -0.713. The number of benzene rings is 3. The number of carbonyl (C=O) groups excluding carboxylic acids is 2. The van der Waals surface area contributed by atoms with E-state index < -0.39 is 17.7 Å². The van der Waals surface area contributed by atoms with Crippen molar-refractivity contribution in [2.45, 2.75) is 52.2 Å². The van der Waals surface area contributed by atoms with Gasteiger partial charge in [0.25, 0.3) is 11.7 Å². The van der Waals surface area contributed by atoms with Crippen molar-refractivity contribution in [3.63, 3.8) is 0 Å². The lowest BCUT2D eigenvalue weighted by molar-refractivity contribution is -0.132. The minimum absolute atomic E-state index is 0.00682.